The Kier molecular flexibility index (Phi) is 4.44. The van der Waals surface area contributed by atoms with Crippen LogP contribution in [0.25, 0.3) is 10.7 Å². The molecule has 0 atom stereocenters. The number of hydrogen-bond donors (Lipinski definition) is 0. The van der Waals surface area contributed by atoms with Crippen LogP contribution >= 0.6 is 27.3 Å². The van der Waals surface area contributed by atoms with Crippen LogP contribution in [0.5, 0.6) is 0 Å². The van der Waals surface area contributed by atoms with Crippen molar-refractivity contribution in [3.8, 4) is 10.7 Å². The van der Waals surface area contributed by atoms with Crippen LogP contribution in [0, 0.1) is 5.82 Å². The summed E-state index contributed by atoms with van der Waals surface area (Å²) in [6.45, 7) is 0.609. The number of hydrogen-bond acceptors (Lipinski definition) is 5. The zero-order valence-corrected chi connectivity index (χ0v) is 14.1. The summed E-state index contributed by atoms with van der Waals surface area (Å²) in [6, 6.07) is 10.4. The van der Waals surface area contributed by atoms with E-state index < -0.39 is 0 Å². The smallest absolute Gasteiger partial charge is 0.208 e. The van der Waals surface area contributed by atoms with Crippen molar-refractivity contribution in [3.63, 3.8) is 0 Å². The molecule has 0 aliphatic rings. The van der Waals surface area contributed by atoms with Gasteiger partial charge in [-0.15, -0.1) is 10.2 Å². The molecule has 2 heterocycles. The van der Waals surface area contributed by atoms with Gasteiger partial charge in [-0.05, 0) is 29.8 Å². The van der Waals surface area contributed by atoms with Gasteiger partial charge in [0, 0.05) is 24.3 Å². The maximum absolute atomic E-state index is 13.1. The number of pyridine rings is 1. The molecule has 7 heteroatoms. The Balaban J connectivity index is 1.78. The van der Waals surface area contributed by atoms with Crippen LogP contribution in [0.3, 0.4) is 0 Å². The predicted molar refractivity (Wildman–Crippen MR) is 89.3 cm³/mol. The fraction of sp³-hybridized carbons (Fsp3) is 0.133. The minimum atomic E-state index is -0.258. The third kappa shape index (κ3) is 3.31. The van der Waals surface area contributed by atoms with Crippen LogP contribution < -0.4 is 4.90 Å². The van der Waals surface area contributed by atoms with Gasteiger partial charge in [0.1, 0.15) is 11.5 Å². The van der Waals surface area contributed by atoms with E-state index in [1.807, 2.05) is 30.1 Å². The van der Waals surface area contributed by atoms with Crippen LogP contribution in [-0.2, 0) is 6.54 Å². The Labute approximate surface area is 139 Å². The highest BCUT2D eigenvalue weighted by molar-refractivity contribution is 9.10. The first-order valence-corrected chi connectivity index (χ1v) is 8.14. The first kappa shape index (κ1) is 15.1. The van der Waals surface area contributed by atoms with Crippen molar-refractivity contribution >= 4 is 32.4 Å². The van der Waals surface area contributed by atoms with Crippen molar-refractivity contribution in [1.82, 2.24) is 15.2 Å². The van der Waals surface area contributed by atoms with Crippen LogP contribution in [0.2, 0.25) is 0 Å². The van der Waals surface area contributed by atoms with Crippen LogP contribution in [0.4, 0.5) is 9.52 Å². The van der Waals surface area contributed by atoms with Gasteiger partial charge in [0.2, 0.25) is 5.13 Å². The van der Waals surface area contributed by atoms with Crippen molar-refractivity contribution in [3.05, 3.63) is 58.4 Å². The summed E-state index contributed by atoms with van der Waals surface area (Å²) in [6.07, 6.45) is 1.73. The lowest BCUT2D eigenvalue weighted by Crippen LogP contribution is -2.16. The molecule has 3 aromatic rings. The molecule has 112 valence electrons. The summed E-state index contributed by atoms with van der Waals surface area (Å²) >= 11 is 4.85. The molecule has 3 rings (SSSR count). The maximum Gasteiger partial charge on any atom is 0.208 e. The second-order valence-corrected chi connectivity index (χ2v) is 6.51. The van der Waals surface area contributed by atoms with Crippen LogP contribution in [-0.4, -0.2) is 22.2 Å². The molecular formula is C15H12BrFN4S. The van der Waals surface area contributed by atoms with Crippen LogP contribution in [0.1, 0.15) is 5.56 Å². The summed E-state index contributed by atoms with van der Waals surface area (Å²) in [7, 11) is 1.93. The third-order valence-electron chi connectivity index (χ3n) is 3.05. The minimum Gasteiger partial charge on any atom is -0.345 e. The van der Waals surface area contributed by atoms with E-state index in [1.54, 1.807) is 12.3 Å². The summed E-state index contributed by atoms with van der Waals surface area (Å²) in [5.41, 5.74) is 1.79. The van der Waals surface area contributed by atoms with Gasteiger partial charge in [-0.3, -0.25) is 4.98 Å². The number of nitrogens with zero attached hydrogens (tertiary/aromatic N) is 4. The molecule has 0 spiro atoms. The van der Waals surface area contributed by atoms with Crippen molar-refractivity contribution < 1.29 is 4.39 Å². The highest BCUT2D eigenvalue weighted by Crippen LogP contribution is 2.28. The van der Waals surface area contributed by atoms with E-state index >= 15 is 0 Å². The summed E-state index contributed by atoms with van der Waals surface area (Å²) in [4.78, 5) is 6.24. The zero-order chi connectivity index (χ0) is 15.5. The van der Waals surface area contributed by atoms with Gasteiger partial charge in [0.15, 0.2) is 5.01 Å². The van der Waals surface area contributed by atoms with Gasteiger partial charge in [-0.1, -0.05) is 39.4 Å². The second kappa shape index (κ2) is 6.50. The van der Waals surface area contributed by atoms with Crippen molar-refractivity contribution in [2.24, 2.45) is 0 Å². The van der Waals surface area contributed by atoms with E-state index in [0.29, 0.717) is 6.54 Å². The molecule has 0 saturated carbocycles. The SMILES string of the molecule is CN(Cc1ccc(F)cc1Br)c1nnc(-c2ccccn2)s1. The largest absolute Gasteiger partial charge is 0.345 e. The maximum atomic E-state index is 13.1. The van der Waals surface area contributed by atoms with E-state index in [4.69, 9.17) is 0 Å². The molecule has 0 aliphatic carbocycles. The van der Waals surface area contributed by atoms with E-state index in [-0.39, 0.29) is 5.82 Å². The Hall–Kier alpha value is -1.86. The normalized spacial score (nSPS) is 10.7. The predicted octanol–water partition coefficient (Wildman–Crippen LogP) is 4.14. The molecule has 22 heavy (non-hydrogen) atoms. The molecule has 2 aromatic heterocycles. The lowest BCUT2D eigenvalue weighted by Gasteiger charge is -2.16. The van der Waals surface area contributed by atoms with Gasteiger partial charge in [0.05, 0.1) is 0 Å². The number of anilines is 1. The quantitative estimate of drug-likeness (QED) is 0.684. The second-order valence-electron chi connectivity index (χ2n) is 4.70. The summed E-state index contributed by atoms with van der Waals surface area (Å²) in [5, 5.41) is 9.95. The first-order valence-electron chi connectivity index (χ1n) is 6.53. The number of halogens is 2. The van der Waals surface area contributed by atoms with E-state index in [2.05, 4.69) is 31.1 Å². The van der Waals surface area contributed by atoms with Gasteiger partial charge in [-0.25, -0.2) is 4.39 Å². The molecule has 0 amide bonds. The lowest BCUT2D eigenvalue weighted by molar-refractivity contribution is 0.625. The molecule has 0 radical (unpaired) electrons. The molecule has 0 N–H and O–H groups in total. The fourth-order valence-electron chi connectivity index (χ4n) is 1.94. The molecule has 0 bridgehead atoms. The van der Waals surface area contributed by atoms with Crippen molar-refractivity contribution in [1.29, 1.82) is 0 Å². The van der Waals surface area contributed by atoms with E-state index in [9.17, 15) is 4.39 Å². The Morgan fingerprint density at radius 2 is 2.09 bits per heavy atom. The summed E-state index contributed by atoms with van der Waals surface area (Å²) in [5.74, 6) is -0.258. The molecule has 0 unspecified atom stereocenters. The molecule has 0 aliphatic heterocycles. The Morgan fingerprint density at radius 1 is 1.23 bits per heavy atom. The Morgan fingerprint density at radius 3 is 2.82 bits per heavy atom. The van der Waals surface area contributed by atoms with Crippen molar-refractivity contribution in [2.45, 2.75) is 6.54 Å². The molecule has 0 saturated heterocycles. The zero-order valence-electron chi connectivity index (χ0n) is 11.7. The van der Waals surface area contributed by atoms with E-state index in [1.165, 1.54) is 23.5 Å². The number of benzene rings is 1. The summed E-state index contributed by atoms with van der Waals surface area (Å²) < 4.78 is 13.9. The van der Waals surface area contributed by atoms with Gasteiger partial charge >= 0.3 is 0 Å². The van der Waals surface area contributed by atoms with Gasteiger partial charge in [-0.2, -0.15) is 0 Å². The topological polar surface area (TPSA) is 41.9 Å². The lowest BCUT2D eigenvalue weighted by atomic mass is 10.2. The Bertz CT molecular complexity index is 778. The highest BCUT2D eigenvalue weighted by Gasteiger charge is 2.12. The number of aromatic nitrogens is 3. The number of rotatable bonds is 4. The molecule has 0 fully saturated rings. The fourth-order valence-corrected chi connectivity index (χ4v) is 3.19. The van der Waals surface area contributed by atoms with Gasteiger partial charge in [0.25, 0.3) is 0 Å². The van der Waals surface area contributed by atoms with Crippen molar-refractivity contribution in [2.75, 3.05) is 11.9 Å². The van der Waals surface area contributed by atoms with Crippen LogP contribution in [0.15, 0.2) is 47.1 Å². The molecule has 1 aromatic carbocycles. The average Bonchev–Trinajstić information content (AvgIpc) is 3.01. The van der Waals surface area contributed by atoms with Gasteiger partial charge < -0.3 is 4.90 Å². The minimum absolute atomic E-state index is 0.258. The highest BCUT2D eigenvalue weighted by atomic mass is 79.9. The monoisotopic (exact) mass is 378 g/mol. The molecular weight excluding hydrogens is 367 g/mol. The standard InChI is InChI=1S/C15H12BrFN4S/c1-21(9-10-5-6-11(17)8-12(10)16)15-20-19-14(22-15)13-4-2-3-7-18-13/h2-8H,9H2,1H3. The van der Waals surface area contributed by atoms with E-state index in [0.717, 1.165) is 25.9 Å². The first-order chi connectivity index (χ1) is 10.6. The third-order valence-corrected chi connectivity index (χ3v) is 4.85. The molecule has 4 nitrogen and oxygen atoms in total. The average molecular weight is 379 g/mol.